The highest BCUT2D eigenvalue weighted by molar-refractivity contribution is 4.89. The van der Waals surface area contributed by atoms with Crippen molar-refractivity contribution in [3.63, 3.8) is 0 Å². The lowest BCUT2D eigenvalue weighted by Gasteiger charge is -2.32. The van der Waals surface area contributed by atoms with E-state index in [2.05, 4.69) is 0 Å². The van der Waals surface area contributed by atoms with E-state index in [1.54, 1.807) is 0 Å². The second-order valence-corrected chi connectivity index (χ2v) is 2.93. The molecule has 0 aromatic rings. The van der Waals surface area contributed by atoms with Crippen LogP contribution in [0, 0.1) is 0 Å². The molecule has 0 amide bonds. The quantitative estimate of drug-likeness (QED) is 0.323. The van der Waals surface area contributed by atoms with Crippen LogP contribution in [0.3, 0.4) is 0 Å². The van der Waals surface area contributed by atoms with E-state index in [1.165, 1.54) is 0 Å². The smallest absolute Gasteiger partial charge is 0.0707 e. The molecule has 4 atom stereocenters. The van der Waals surface area contributed by atoms with Crippen LogP contribution in [-0.2, 0) is 0 Å². The molecule has 0 aromatic carbocycles. The normalized spacial score (nSPS) is 49.2. The van der Waals surface area contributed by atoms with E-state index < -0.39 is 12.2 Å². The van der Waals surface area contributed by atoms with Crippen LogP contribution in [0.4, 0.5) is 0 Å². The van der Waals surface area contributed by atoms with E-state index in [4.69, 9.17) is 21.7 Å². The minimum absolute atomic E-state index is 0.310. The predicted octanol–water partition coefficient (Wildman–Crippen LogP) is -1.84. The summed E-state index contributed by atoms with van der Waals surface area (Å²) in [4.78, 5) is 0. The molecule has 0 heterocycles. The Balaban J connectivity index is 2.46. The van der Waals surface area contributed by atoms with E-state index >= 15 is 0 Å². The molecule has 4 unspecified atom stereocenters. The Morgan fingerprint density at radius 3 is 1.50 bits per heavy atom. The van der Waals surface area contributed by atoms with Crippen LogP contribution in [0.1, 0.15) is 12.8 Å². The zero-order valence-corrected chi connectivity index (χ0v) is 5.77. The molecule has 0 saturated heterocycles. The number of aliphatic hydroxyl groups is 2. The van der Waals surface area contributed by atoms with Crippen LogP contribution in [0.15, 0.2) is 0 Å². The summed E-state index contributed by atoms with van der Waals surface area (Å²) in [5, 5.41) is 18.3. The lowest BCUT2D eigenvalue weighted by Crippen LogP contribution is -2.52. The van der Waals surface area contributed by atoms with Crippen molar-refractivity contribution in [2.75, 3.05) is 0 Å². The molecule has 0 spiro atoms. The Hall–Kier alpha value is -0.160. The van der Waals surface area contributed by atoms with E-state index in [0.29, 0.717) is 12.8 Å². The van der Waals surface area contributed by atoms with Crippen molar-refractivity contribution in [1.29, 1.82) is 0 Å². The van der Waals surface area contributed by atoms with Gasteiger partial charge in [0.15, 0.2) is 0 Å². The van der Waals surface area contributed by atoms with Gasteiger partial charge in [0.1, 0.15) is 0 Å². The van der Waals surface area contributed by atoms with Crippen molar-refractivity contribution in [3.05, 3.63) is 0 Å². The summed E-state index contributed by atoms with van der Waals surface area (Å²) in [6, 6.07) is -0.621. The summed E-state index contributed by atoms with van der Waals surface area (Å²) >= 11 is 0. The maximum atomic E-state index is 9.15. The molecule has 0 aromatic heterocycles. The van der Waals surface area contributed by atoms with Crippen LogP contribution in [0.5, 0.6) is 0 Å². The molecule has 0 radical (unpaired) electrons. The van der Waals surface area contributed by atoms with Gasteiger partial charge in [-0.3, -0.25) is 0 Å². The highest BCUT2D eigenvalue weighted by Crippen LogP contribution is 2.16. The van der Waals surface area contributed by atoms with Gasteiger partial charge in [-0.15, -0.1) is 0 Å². The third-order valence-corrected chi connectivity index (χ3v) is 2.02. The third kappa shape index (κ3) is 1.46. The zero-order chi connectivity index (χ0) is 7.72. The number of aliphatic hydroxyl groups excluding tert-OH is 2. The summed E-state index contributed by atoms with van der Waals surface area (Å²) in [7, 11) is 0. The third-order valence-electron chi connectivity index (χ3n) is 2.02. The Morgan fingerprint density at radius 2 is 1.20 bits per heavy atom. The van der Waals surface area contributed by atoms with Gasteiger partial charge in [-0.1, -0.05) is 0 Å². The van der Waals surface area contributed by atoms with Crippen molar-refractivity contribution >= 4 is 0 Å². The van der Waals surface area contributed by atoms with E-state index in [9.17, 15) is 0 Å². The zero-order valence-electron chi connectivity index (χ0n) is 5.77. The Morgan fingerprint density at radius 1 is 0.900 bits per heavy atom. The van der Waals surface area contributed by atoms with Gasteiger partial charge in [0.05, 0.1) is 12.2 Å². The van der Waals surface area contributed by atoms with E-state index in [-0.39, 0.29) is 12.1 Å². The maximum Gasteiger partial charge on any atom is 0.0707 e. The summed E-state index contributed by atoms with van der Waals surface area (Å²) in [5.74, 6) is 0. The fraction of sp³-hybridized carbons (Fsp3) is 1.00. The first-order chi connectivity index (χ1) is 4.61. The van der Waals surface area contributed by atoms with Gasteiger partial charge < -0.3 is 21.7 Å². The molecule has 0 bridgehead atoms. The minimum Gasteiger partial charge on any atom is -0.391 e. The van der Waals surface area contributed by atoms with Crippen LogP contribution < -0.4 is 11.5 Å². The number of hydrogen-bond acceptors (Lipinski definition) is 4. The standard InChI is InChI=1S/C6H14N2O2/c7-3-1-5(9)4(8)2-6(3)10/h3-6,9-10H,1-2,7-8H2. The average molecular weight is 146 g/mol. The SMILES string of the molecule is NC1CC(O)C(N)CC1O. The van der Waals surface area contributed by atoms with Crippen molar-refractivity contribution < 1.29 is 10.2 Å². The molecule has 4 nitrogen and oxygen atoms in total. The van der Waals surface area contributed by atoms with Gasteiger partial charge in [0, 0.05) is 12.1 Å². The Bertz CT molecular complexity index is 94.3. The second-order valence-electron chi connectivity index (χ2n) is 2.93. The highest BCUT2D eigenvalue weighted by atomic mass is 16.3. The summed E-state index contributed by atoms with van der Waals surface area (Å²) in [6.07, 6.45) is -0.276. The monoisotopic (exact) mass is 146 g/mol. The van der Waals surface area contributed by atoms with Gasteiger partial charge in [-0.05, 0) is 12.8 Å². The predicted molar refractivity (Wildman–Crippen MR) is 37.2 cm³/mol. The van der Waals surface area contributed by atoms with Crippen molar-refractivity contribution in [2.24, 2.45) is 11.5 Å². The van der Waals surface area contributed by atoms with Gasteiger partial charge in [-0.25, -0.2) is 0 Å². The fourth-order valence-electron chi connectivity index (χ4n) is 1.22. The molecule has 6 N–H and O–H groups in total. The minimum atomic E-state index is -0.543. The topological polar surface area (TPSA) is 92.5 Å². The number of hydrogen-bond donors (Lipinski definition) is 4. The van der Waals surface area contributed by atoms with Crippen molar-refractivity contribution in [2.45, 2.75) is 37.1 Å². The van der Waals surface area contributed by atoms with Gasteiger partial charge in [-0.2, -0.15) is 0 Å². The van der Waals surface area contributed by atoms with Crippen LogP contribution in [0.2, 0.25) is 0 Å². The first kappa shape index (κ1) is 7.94. The summed E-state index contributed by atoms with van der Waals surface area (Å²) in [6.45, 7) is 0. The van der Waals surface area contributed by atoms with Crippen LogP contribution >= 0.6 is 0 Å². The summed E-state index contributed by atoms with van der Waals surface area (Å²) < 4.78 is 0. The number of nitrogens with two attached hydrogens (primary N) is 2. The molecule has 1 aliphatic rings. The van der Waals surface area contributed by atoms with Crippen LogP contribution in [0.25, 0.3) is 0 Å². The van der Waals surface area contributed by atoms with E-state index in [0.717, 1.165) is 0 Å². The largest absolute Gasteiger partial charge is 0.391 e. The van der Waals surface area contributed by atoms with E-state index in [1.807, 2.05) is 0 Å². The Kier molecular flexibility index (Phi) is 2.25. The molecule has 1 rings (SSSR count). The van der Waals surface area contributed by atoms with Crippen molar-refractivity contribution in [3.8, 4) is 0 Å². The summed E-state index contributed by atoms with van der Waals surface area (Å²) in [5.41, 5.74) is 10.9. The van der Waals surface area contributed by atoms with Gasteiger partial charge in [0.2, 0.25) is 0 Å². The van der Waals surface area contributed by atoms with Crippen molar-refractivity contribution in [1.82, 2.24) is 0 Å². The molecular formula is C6H14N2O2. The molecule has 60 valence electrons. The average Bonchev–Trinajstić information content (AvgIpc) is 1.84. The van der Waals surface area contributed by atoms with Crippen LogP contribution in [-0.4, -0.2) is 34.5 Å². The lowest BCUT2D eigenvalue weighted by molar-refractivity contribution is 0.0229. The molecule has 1 aliphatic carbocycles. The second kappa shape index (κ2) is 2.84. The van der Waals surface area contributed by atoms with Gasteiger partial charge in [0.25, 0.3) is 0 Å². The highest BCUT2D eigenvalue weighted by Gasteiger charge is 2.30. The van der Waals surface area contributed by atoms with Gasteiger partial charge >= 0.3 is 0 Å². The molecule has 1 saturated carbocycles. The Labute approximate surface area is 59.8 Å². The molecule has 4 heteroatoms. The lowest BCUT2D eigenvalue weighted by atomic mass is 9.87. The number of rotatable bonds is 0. The fourth-order valence-corrected chi connectivity index (χ4v) is 1.22. The first-order valence-electron chi connectivity index (χ1n) is 3.48. The first-order valence-corrected chi connectivity index (χ1v) is 3.48. The molecule has 10 heavy (non-hydrogen) atoms. The molecule has 0 aliphatic heterocycles. The molecule has 1 fully saturated rings. The maximum absolute atomic E-state index is 9.15. The molecular weight excluding hydrogens is 132 g/mol.